The van der Waals surface area contributed by atoms with Crippen LogP contribution < -0.4 is 47.5 Å². The first kappa shape index (κ1) is 41.0. The van der Waals surface area contributed by atoms with Gasteiger partial charge in [0, 0.05) is 20.3 Å². The standard InChI is InChI=1S/C13H19NO4.C6H15NO3.2ClHO4/c1-5-17-12(15)10-7-11(13(16)18-6-2)9(4)14-8(10)3;8-4-1-7(2-5-9)3-6-10;2*2-1(3,4)5/h14H,5-7H2,1-4H3;8-10H,1-6H2;2*(H,2,3,4,5). The summed E-state index contributed by atoms with van der Waals surface area (Å²) in [7, 11) is -9.89. The molecule has 0 fully saturated rings. The fourth-order valence-corrected chi connectivity index (χ4v) is 2.71. The molecule has 0 aromatic heterocycles. The number of aliphatic hydroxyl groups is 3. The Labute approximate surface area is 223 Å². The van der Waals surface area contributed by atoms with Gasteiger partial charge in [0.15, 0.2) is 0 Å². The number of nitrogens with two attached hydrogens (primary N) is 1. The molecule has 6 N–H and O–H groups in total. The van der Waals surface area contributed by atoms with Gasteiger partial charge in [0.1, 0.15) is 31.0 Å². The molecule has 19 heteroatoms. The van der Waals surface area contributed by atoms with Gasteiger partial charge in [-0.25, -0.2) is 46.9 Å². The third-order valence-corrected chi connectivity index (χ3v) is 4.18. The molecular weight excluding hydrogens is 567 g/mol. The van der Waals surface area contributed by atoms with E-state index in [2.05, 4.69) is 0 Å². The van der Waals surface area contributed by atoms with Crippen LogP contribution in [0.25, 0.3) is 0 Å². The van der Waals surface area contributed by atoms with Crippen molar-refractivity contribution in [2.24, 2.45) is 0 Å². The van der Waals surface area contributed by atoms with Crippen molar-refractivity contribution < 1.29 is 102 Å². The zero-order valence-electron chi connectivity index (χ0n) is 21.4. The molecule has 38 heavy (non-hydrogen) atoms. The zero-order chi connectivity index (χ0) is 30.5. The summed E-state index contributed by atoms with van der Waals surface area (Å²) in [4.78, 5) is 24.6. The van der Waals surface area contributed by atoms with E-state index in [1.54, 1.807) is 13.8 Å². The minimum atomic E-state index is -4.94. The second-order valence-electron chi connectivity index (χ2n) is 7.01. The van der Waals surface area contributed by atoms with E-state index >= 15 is 0 Å². The Balaban J connectivity index is -0.000000512. The van der Waals surface area contributed by atoms with Crippen LogP contribution in [0.2, 0.25) is 0 Å². The number of carbonyl (C=O) groups excluding carboxylic acids is 2. The Morgan fingerprint density at radius 3 is 1.21 bits per heavy atom. The number of hydrogen-bond acceptors (Lipinski definition) is 15. The van der Waals surface area contributed by atoms with Crippen LogP contribution in [-0.2, 0) is 19.1 Å². The topological polar surface area (TPSA) is 319 Å². The maximum atomic E-state index is 11.8. The van der Waals surface area contributed by atoms with Crippen LogP contribution >= 0.6 is 0 Å². The molecule has 0 aromatic rings. The van der Waals surface area contributed by atoms with Crippen LogP contribution in [0.3, 0.4) is 0 Å². The highest BCUT2D eigenvalue weighted by Crippen LogP contribution is 2.20. The highest BCUT2D eigenvalue weighted by Gasteiger charge is 2.30. The van der Waals surface area contributed by atoms with E-state index in [0.29, 0.717) is 44.0 Å². The van der Waals surface area contributed by atoms with Crippen molar-refractivity contribution in [3.8, 4) is 0 Å². The lowest BCUT2D eigenvalue weighted by Crippen LogP contribution is -3.13. The highest BCUT2D eigenvalue weighted by molar-refractivity contribution is 5.95. The van der Waals surface area contributed by atoms with Gasteiger partial charge in [-0.15, -0.1) is 20.5 Å². The Kier molecular flexibility index (Phi) is 24.1. The normalized spacial score (nSPS) is 13.5. The second kappa shape index (κ2) is 22.3. The van der Waals surface area contributed by atoms with Gasteiger partial charge in [-0.05, 0) is 13.8 Å². The third kappa shape index (κ3) is 27.5. The SMILES string of the molecule is CCOC(=O)C1=C(C)[NH2+]C(C)=C(C(=O)OCC)C1.OCC[NH+](CCO)CCO.[O-][Cl+3]([O-])([O-])[O-].[O-][Cl+3]([O-])([O-])[O-]. The summed E-state index contributed by atoms with van der Waals surface area (Å²) in [5.41, 5.74) is 2.76. The number of hydrogen-bond donors (Lipinski definition) is 5. The van der Waals surface area contributed by atoms with Crippen molar-refractivity contribution in [2.75, 3.05) is 52.7 Å². The van der Waals surface area contributed by atoms with Crippen molar-refractivity contribution in [3.05, 3.63) is 22.5 Å². The lowest BCUT2D eigenvalue weighted by Gasteiger charge is -2.17. The average molecular weight is 603 g/mol. The van der Waals surface area contributed by atoms with Crippen molar-refractivity contribution in [2.45, 2.75) is 34.1 Å². The number of halogens is 2. The number of allylic oxidation sites excluding steroid dienone is 2. The Morgan fingerprint density at radius 2 is 1.00 bits per heavy atom. The number of carbonyl (C=O) groups is 2. The Hall–Kier alpha value is -1.52. The summed E-state index contributed by atoms with van der Waals surface area (Å²) < 4.78 is 77.9. The van der Waals surface area contributed by atoms with Gasteiger partial charge in [-0.1, -0.05) is 0 Å². The molecule has 0 aromatic carbocycles. The highest BCUT2D eigenvalue weighted by atomic mass is 35.7. The lowest BCUT2D eigenvalue weighted by molar-refractivity contribution is -2.00. The van der Waals surface area contributed by atoms with Gasteiger partial charge in [-0.3, -0.25) is 5.32 Å². The van der Waals surface area contributed by atoms with Crippen LogP contribution in [0.5, 0.6) is 0 Å². The maximum absolute atomic E-state index is 11.8. The molecule has 0 saturated carbocycles. The van der Waals surface area contributed by atoms with Crippen LogP contribution in [0.4, 0.5) is 0 Å². The number of ether oxygens (including phenoxy) is 2. The zero-order valence-corrected chi connectivity index (χ0v) is 22.9. The predicted octanol–water partition coefficient (Wildman–Crippen LogP) is -12.0. The largest absolute Gasteiger partial charge is 0.462 e. The predicted molar refractivity (Wildman–Crippen MR) is 102 cm³/mol. The summed E-state index contributed by atoms with van der Waals surface area (Å²) in [6, 6.07) is 0. The molecule has 0 unspecified atom stereocenters. The minimum absolute atomic E-state index is 0.106. The van der Waals surface area contributed by atoms with Gasteiger partial charge in [0.05, 0.1) is 44.2 Å². The number of esters is 2. The molecule has 0 saturated heterocycles. The van der Waals surface area contributed by atoms with E-state index in [1.807, 2.05) is 19.2 Å². The van der Waals surface area contributed by atoms with Crippen molar-refractivity contribution >= 4 is 11.9 Å². The van der Waals surface area contributed by atoms with Gasteiger partial charge in [0.25, 0.3) is 0 Å². The molecule has 0 bridgehead atoms. The summed E-state index contributed by atoms with van der Waals surface area (Å²) in [5.74, 6) is -0.721. The molecule has 0 radical (unpaired) electrons. The number of quaternary nitrogens is 2. The molecule has 17 nitrogen and oxygen atoms in total. The lowest BCUT2D eigenvalue weighted by atomic mass is 9.98. The number of aliphatic hydroxyl groups excluding tert-OH is 3. The molecule has 1 rings (SSSR count). The van der Waals surface area contributed by atoms with E-state index in [1.165, 1.54) is 0 Å². The van der Waals surface area contributed by atoms with E-state index in [4.69, 9.17) is 62.1 Å². The van der Waals surface area contributed by atoms with Gasteiger partial charge >= 0.3 is 11.9 Å². The average Bonchev–Trinajstić information content (AvgIpc) is 2.73. The fourth-order valence-electron chi connectivity index (χ4n) is 2.71. The van der Waals surface area contributed by atoms with Crippen LogP contribution in [0, 0.1) is 20.5 Å². The van der Waals surface area contributed by atoms with Crippen LogP contribution in [-0.4, -0.2) is 79.9 Å². The molecule has 1 aliphatic rings. The first-order valence-electron chi connectivity index (χ1n) is 10.8. The Bertz CT molecular complexity index is 660. The number of nitrogens with one attached hydrogen (secondary N) is 1. The second-order valence-corrected chi connectivity index (χ2v) is 8.52. The monoisotopic (exact) mass is 602 g/mol. The molecule has 1 heterocycles. The quantitative estimate of drug-likeness (QED) is 0.145. The van der Waals surface area contributed by atoms with Gasteiger partial charge in [0.2, 0.25) is 0 Å². The number of rotatable bonds is 10. The van der Waals surface area contributed by atoms with Crippen molar-refractivity contribution in [3.63, 3.8) is 0 Å². The van der Waals surface area contributed by atoms with Crippen LogP contribution in [0.1, 0.15) is 34.1 Å². The summed E-state index contributed by atoms with van der Waals surface area (Å²) in [6.07, 6.45) is 0.284. The smallest absolute Gasteiger partial charge is 0.340 e. The molecule has 226 valence electrons. The van der Waals surface area contributed by atoms with E-state index in [9.17, 15) is 9.59 Å². The minimum Gasteiger partial charge on any atom is -0.462 e. The van der Waals surface area contributed by atoms with Crippen LogP contribution in [0.15, 0.2) is 22.5 Å². The molecular formula is C19H36Cl2N2O15. The molecule has 0 atom stereocenters. The van der Waals surface area contributed by atoms with Gasteiger partial charge < -0.3 is 29.7 Å². The van der Waals surface area contributed by atoms with E-state index in [0.717, 1.165) is 16.3 Å². The summed E-state index contributed by atoms with van der Waals surface area (Å²) in [6.45, 7) is 9.97. The molecule has 0 spiro atoms. The van der Waals surface area contributed by atoms with Crippen molar-refractivity contribution in [1.29, 1.82) is 0 Å². The van der Waals surface area contributed by atoms with E-state index < -0.39 is 20.5 Å². The van der Waals surface area contributed by atoms with Crippen molar-refractivity contribution in [1.82, 2.24) is 0 Å². The first-order chi connectivity index (χ1) is 17.4. The first-order valence-corrected chi connectivity index (χ1v) is 13.3. The van der Waals surface area contributed by atoms with E-state index in [-0.39, 0.29) is 38.2 Å². The molecule has 0 amide bonds. The summed E-state index contributed by atoms with van der Waals surface area (Å²) >= 11 is 0. The summed E-state index contributed by atoms with van der Waals surface area (Å²) in [5, 5.41) is 27.3. The Morgan fingerprint density at radius 1 is 0.737 bits per heavy atom. The third-order valence-electron chi connectivity index (χ3n) is 4.18. The molecule has 1 aliphatic heterocycles. The maximum Gasteiger partial charge on any atom is 0.340 e. The molecule has 0 aliphatic carbocycles. The fraction of sp³-hybridized carbons (Fsp3) is 0.684. The van der Waals surface area contributed by atoms with Gasteiger partial charge in [-0.2, -0.15) is 0 Å².